The number of aromatic nitrogens is 1. The highest BCUT2D eigenvalue weighted by Crippen LogP contribution is 2.04. The minimum Gasteiger partial charge on any atom is -0.335 e. The van der Waals surface area contributed by atoms with Gasteiger partial charge in [0.2, 0.25) is 5.56 Å². The predicted octanol–water partition coefficient (Wildman–Crippen LogP) is 1.41. The summed E-state index contributed by atoms with van der Waals surface area (Å²) in [7, 11) is 0. The van der Waals surface area contributed by atoms with Gasteiger partial charge in [-0.3, -0.25) is 9.59 Å². The van der Waals surface area contributed by atoms with Crippen molar-refractivity contribution < 1.29 is 4.79 Å². The van der Waals surface area contributed by atoms with Gasteiger partial charge in [-0.15, -0.1) is 0 Å². The molecule has 0 aliphatic carbocycles. The molecule has 0 unspecified atom stereocenters. The molecule has 0 aromatic carbocycles. The van der Waals surface area contributed by atoms with Gasteiger partial charge in [-0.2, -0.15) is 0 Å². The van der Waals surface area contributed by atoms with E-state index in [4.69, 9.17) is 0 Å². The summed E-state index contributed by atoms with van der Waals surface area (Å²) in [5.41, 5.74) is 1.21. The Kier molecular flexibility index (Phi) is 4.05. The fourth-order valence-corrected chi connectivity index (χ4v) is 1.38. The molecule has 0 aliphatic heterocycles. The summed E-state index contributed by atoms with van der Waals surface area (Å²) in [6.07, 6.45) is 1.44. The maximum Gasteiger partial charge on any atom is 0.255 e. The lowest BCUT2D eigenvalue weighted by atomic mass is 10.2. The van der Waals surface area contributed by atoms with Crippen LogP contribution in [0.15, 0.2) is 35.3 Å². The summed E-state index contributed by atoms with van der Waals surface area (Å²) >= 11 is 0. The molecule has 86 valence electrons. The lowest BCUT2D eigenvalue weighted by molar-refractivity contribution is 0.0778. The molecule has 1 aromatic rings. The van der Waals surface area contributed by atoms with E-state index >= 15 is 0 Å². The average Bonchev–Trinajstić information content (AvgIpc) is 2.25. The summed E-state index contributed by atoms with van der Waals surface area (Å²) in [5.74, 6) is -0.0956. The smallest absolute Gasteiger partial charge is 0.255 e. The molecule has 0 saturated carbocycles. The van der Waals surface area contributed by atoms with Crippen LogP contribution in [-0.4, -0.2) is 28.9 Å². The van der Waals surface area contributed by atoms with Crippen molar-refractivity contribution in [1.29, 1.82) is 0 Å². The van der Waals surface area contributed by atoms with Crippen LogP contribution in [0.2, 0.25) is 0 Å². The Labute approximate surface area is 94.6 Å². The number of aromatic amines is 1. The molecule has 1 rings (SSSR count). The van der Waals surface area contributed by atoms with Gasteiger partial charge in [0, 0.05) is 25.4 Å². The number of likely N-dealkylation sites (N-methyl/N-ethyl adjacent to an activating group) is 1. The van der Waals surface area contributed by atoms with E-state index in [0.29, 0.717) is 18.7 Å². The van der Waals surface area contributed by atoms with Gasteiger partial charge in [0.25, 0.3) is 5.91 Å². The zero-order chi connectivity index (χ0) is 12.1. The Morgan fingerprint density at radius 3 is 2.62 bits per heavy atom. The van der Waals surface area contributed by atoms with Crippen LogP contribution in [0, 0.1) is 0 Å². The van der Waals surface area contributed by atoms with Crippen LogP contribution in [0.1, 0.15) is 24.2 Å². The average molecular weight is 220 g/mol. The van der Waals surface area contributed by atoms with Gasteiger partial charge in [-0.05, 0) is 19.9 Å². The number of hydrogen-bond acceptors (Lipinski definition) is 2. The molecule has 0 fully saturated rings. The zero-order valence-corrected chi connectivity index (χ0v) is 9.62. The second kappa shape index (κ2) is 5.30. The molecule has 1 amide bonds. The van der Waals surface area contributed by atoms with Crippen molar-refractivity contribution in [3.8, 4) is 0 Å². The minimum atomic E-state index is -0.209. The SMILES string of the molecule is C=C(C)CN(CC)C(=O)c1ccc(=O)[nH]c1. The predicted molar refractivity (Wildman–Crippen MR) is 63.5 cm³/mol. The molecule has 4 heteroatoms. The Bertz CT molecular complexity index is 428. The van der Waals surface area contributed by atoms with Gasteiger partial charge in [-0.25, -0.2) is 0 Å². The molecule has 0 atom stereocenters. The Balaban J connectivity index is 2.86. The molecule has 0 bridgehead atoms. The lowest BCUT2D eigenvalue weighted by Gasteiger charge is -2.20. The molecule has 1 N–H and O–H groups in total. The van der Waals surface area contributed by atoms with Crippen LogP contribution in [0.25, 0.3) is 0 Å². The first kappa shape index (κ1) is 12.2. The Morgan fingerprint density at radius 2 is 2.19 bits per heavy atom. The molecule has 0 aliphatic rings. The molecule has 0 radical (unpaired) electrons. The topological polar surface area (TPSA) is 53.2 Å². The summed E-state index contributed by atoms with van der Waals surface area (Å²) in [5, 5.41) is 0. The van der Waals surface area contributed by atoms with E-state index < -0.39 is 0 Å². The van der Waals surface area contributed by atoms with Crippen molar-refractivity contribution in [2.45, 2.75) is 13.8 Å². The number of nitrogens with one attached hydrogen (secondary N) is 1. The van der Waals surface area contributed by atoms with E-state index in [-0.39, 0.29) is 11.5 Å². The monoisotopic (exact) mass is 220 g/mol. The third-order valence-electron chi connectivity index (χ3n) is 2.16. The van der Waals surface area contributed by atoms with Crippen LogP contribution in [0.4, 0.5) is 0 Å². The molecule has 16 heavy (non-hydrogen) atoms. The second-order valence-electron chi connectivity index (χ2n) is 3.72. The third kappa shape index (κ3) is 3.08. The van der Waals surface area contributed by atoms with E-state index in [1.54, 1.807) is 4.90 Å². The maximum atomic E-state index is 12.0. The summed E-state index contributed by atoms with van der Waals surface area (Å²) in [6.45, 7) is 8.72. The first-order valence-electron chi connectivity index (χ1n) is 5.17. The maximum absolute atomic E-state index is 12.0. The van der Waals surface area contributed by atoms with Crippen molar-refractivity contribution in [3.05, 3.63) is 46.4 Å². The van der Waals surface area contributed by atoms with E-state index in [1.807, 2.05) is 13.8 Å². The normalized spacial score (nSPS) is 9.88. The summed E-state index contributed by atoms with van der Waals surface area (Å²) < 4.78 is 0. The number of carbonyl (C=O) groups excluding carboxylic acids is 1. The number of nitrogens with zero attached hydrogens (tertiary/aromatic N) is 1. The van der Waals surface area contributed by atoms with E-state index in [9.17, 15) is 9.59 Å². The van der Waals surface area contributed by atoms with E-state index in [1.165, 1.54) is 18.3 Å². The highest BCUT2D eigenvalue weighted by atomic mass is 16.2. The van der Waals surface area contributed by atoms with Crippen molar-refractivity contribution >= 4 is 5.91 Å². The molecule has 0 saturated heterocycles. The molecule has 0 spiro atoms. The molecule has 4 nitrogen and oxygen atoms in total. The Morgan fingerprint density at radius 1 is 1.50 bits per heavy atom. The number of carbonyl (C=O) groups is 1. The first-order valence-corrected chi connectivity index (χ1v) is 5.17. The number of H-pyrrole nitrogens is 1. The van der Waals surface area contributed by atoms with Crippen molar-refractivity contribution in [3.63, 3.8) is 0 Å². The zero-order valence-electron chi connectivity index (χ0n) is 9.62. The number of hydrogen-bond donors (Lipinski definition) is 1. The number of amides is 1. The van der Waals surface area contributed by atoms with Gasteiger partial charge in [-0.1, -0.05) is 12.2 Å². The number of rotatable bonds is 4. The van der Waals surface area contributed by atoms with Crippen molar-refractivity contribution in [1.82, 2.24) is 9.88 Å². The van der Waals surface area contributed by atoms with E-state index in [0.717, 1.165) is 5.57 Å². The van der Waals surface area contributed by atoms with Crippen molar-refractivity contribution in [2.24, 2.45) is 0 Å². The van der Waals surface area contributed by atoms with Gasteiger partial charge in [0.15, 0.2) is 0 Å². The van der Waals surface area contributed by atoms with Gasteiger partial charge in [0.05, 0.1) is 5.56 Å². The first-order chi connectivity index (χ1) is 7.54. The van der Waals surface area contributed by atoms with Gasteiger partial charge < -0.3 is 9.88 Å². The fourth-order valence-electron chi connectivity index (χ4n) is 1.38. The Hall–Kier alpha value is -1.84. The van der Waals surface area contributed by atoms with Crippen molar-refractivity contribution in [2.75, 3.05) is 13.1 Å². The van der Waals surface area contributed by atoms with E-state index in [2.05, 4.69) is 11.6 Å². The highest BCUT2D eigenvalue weighted by Gasteiger charge is 2.13. The molecular formula is C12H16N2O2. The molecular weight excluding hydrogens is 204 g/mol. The van der Waals surface area contributed by atoms with Gasteiger partial charge in [0.1, 0.15) is 0 Å². The summed E-state index contributed by atoms with van der Waals surface area (Å²) in [6, 6.07) is 2.88. The lowest BCUT2D eigenvalue weighted by Crippen LogP contribution is -2.32. The van der Waals surface area contributed by atoms with Crippen LogP contribution in [0.3, 0.4) is 0 Å². The fraction of sp³-hybridized carbons (Fsp3) is 0.333. The van der Waals surface area contributed by atoms with Crippen LogP contribution < -0.4 is 5.56 Å². The highest BCUT2D eigenvalue weighted by molar-refractivity contribution is 5.93. The largest absolute Gasteiger partial charge is 0.335 e. The third-order valence-corrected chi connectivity index (χ3v) is 2.16. The summed E-state index contributed by atoms with van der Waals surface area (Å²) in [4.78, 5) is 27.0. The van der Waals surface area contributed by atoms with Crippen LogP contribution in [0.5, 0.6) is 0 Å². The molecule has 1 aromatic heterocycles. The molecule has 1 heterocycles. The standard InChI is InChI=1S/C12H16N2O2/c1-4-14(8-9(2)3)12(16)10-5-6-11(15)13-7-10/h5-7H,2,4,8H2,1,3H3,(H,13,15). The number of pyridine rings is 1. The quantitative estimate of drug-likeness (QED) is 0.780. The second-order valence-corrected chi connectivity index (χ2v) is 3.72. The van der Waals surface area contributed by atoms with Gasteiger partial charge >= 0.3 is 0 Å². The minimum absolute atomic E-state index is 0.0956. The van der Waals surface area contributed by atoms with Crippen LogP contribution >= 0.6 is 0 Å². The van der Waals surface area contributed by atoms with Crippen LogP contribution in [-0.2, 0) is 0 Å².